The average Bonchev–Trinajstić information content (AvgIpc) is 2.49. The van der Waals surface area contributed by atoms with Crippen LogP contribution >= 0.6 is 0 Å². The van der Waals surface area contributed by atoms with Crippen LogP contribution in [0, 0.1) is 6.92 Å². The zero-order chi connectivity index (χ0) is 13.8. The van der Waals surface area contributed by atoms with Crippen LogP contribution in [0.4, 0.5) is 0 Å². The number of pyridine rings is 1. The highest BCUT2D eigenvalue weighted by Gasteiger charge is 2.11. The van der Waals surface area contributed by atoms with Gasteiger partial charge in [0.1, 0.15) is 13.2 Å². The number of benzene rings is 1. The first-order chi connectivity index (χ1) is 9.83. The molecule has 1 N–H and O–H groups in total. The lowest BCUT2D eigenvalue weighted by Crippen LogP contribution is -2.17. The molecule has 1 aromatic carbocycles. The monoisotopic (exact) mass is 270 g/mol. The molecule has 4 nitrogen and oxygen atoms in total. The van der Waals surface area contributed by atoms with Crippen molar-refractivity contribution in [1.29, 1.82) is 0 Å². The van der Waals surface area contributed by atoms with E-state index in [1.165, 1.54) is 16.7 Å². The standard InChI is InChI=1S/C16H18N2O2/c1-12-9-17-5-4-14(12)11-18-10-13-2-3-15-16(8-13)20-7-6-19-15/h2-5,8-9,18H,6-7,10-11H2,1H3. The number of aromatic nitrogens is 1. The average molecular weight is 270 g/mol. The Labute approximate surface area is 118 Å². The van der Waals surface area contributed by atoms with Gasteiger partial charge in [-0.15, -0.1) is 0 Å². The molecule has 0 radical (unpaired) electrons. The predicted octanol–water partition coefficient (Wildman–Crippen LogP) is 2.45. The number of fused-ring (bicyclic) bond motifs is 1. The van der Waals surface area contributed by atoms with Crippen molar-refractivity contribution in [2.24, 2.45) is 0 Å². The van der Waals surface area contributed by atoms with Gasteiger partial charge in [0.15, 0.2) is 11.5 Å². The molecular weight excluding hydrogens is 252 g/mol. The Kier molecular flexibility index (Phi) is 3.83. The molecule has 0 amide bonds. The highest BCUT2D eigenvalue weighted by atomic mass is 16.6. The molecule has 0 saturated carbocycles. The van der Waals surface area contributed by atoms with Gasteiger partial charge in [-0.2, -0.15) is 0 Å². The Hall–Kier alpha value is -2.07. The normalized spacial score (nSPS) is 13.2. The molecule has 2 heterocycles. The minimum Gasteiger partial charge on any atom is -0.486 e. The zero-order valence-electron chi connectivity index (χ0n) is 11.6. The molecule has 104 valence electrons. The van der Waals surface area contributed by atoms with Gasteiger partial charge in [-0.1, -0.05) is 6.07 Å². The van der Waals surface area contributed by atoms with Gasteiger partial charge in [-0.3, -0.25) is 4.98 Å². The SMILES string of the molecule is Cc1cnccc1CNCc1ccc2c(c1)OCCO2. The quantitative estimate of drug-likeness (QED) is 0.926. The minimum atomic E-state index is 0.625. The van der Waals surface area contributed by atoms with Crippen LogP contribution in [-0.4, -0.2) is 18.2 Å². The maximum absolute atomic E-state index is 5.59. The third-order valence-electron chi connectivity index (χ3n) is 3.39. The fraction of sp³-hybridized carbons (Fsp3) is 0.312. The largest absolute Gasteiger partial charge is 0.486 e. The van der Waals surface area contributed by atoms with Gasteiger partial charge in [0.05, 0.1) is 0 Å². The summed E-state index contributed by atoms with van der Waals surface area (Å²) in [6.45, 7) is 4.97. The zero-order valence-corrected chi connectivity index (χ0v) is 11.6. The highest BCUT2D eigenvalue weighted by Crippen LogP contribution is 2.30. The summed E-state index contributed by atoms with van der Waals surface area (Å²) in [7, 11) is 0. The lowest BCUT2D eigenvalue weighted by molar-refractivity contribution is 0.171. The Balaban J connectivity index is 1.60. The third kappa shape index (κ3) is 2.91. The number of hydrogen-bond donors (Lipinski definition) is 1. The first kappa shape index (κ1) is 12.9. The molecule has 0 bridgehead atoms. The second-order valence-corrected chi connectivity index (χ2v) is 4.88. The van der Waals surface area contributed by atoms with Gasteiger partial charge in [0.25, 0.3) is 0 Å². The number of nitrogens with one attached hydrogen (secondary N) is 1. The van der Waals surface area contributed by atoms with Crippen molar-refractivity contribution in [3.63, 3.8) is 0 Å². The Morgan fingerprint density at radius 3 is 2.80 bits per heavy atom. The molecule has 20 heavy (non-hydrogen) atoms. The molecule has 0 unspecified atom stereocenters. The Morgan fingerprint density at radius 2 is 1.95 bits per heavy atom. The summed E-state index contributed by atoms with van der Waals surface area (Å²) >= 11 is 0. The number of hydrogen-bond acceptors (Lipinski definition) is 4. The summed E-state index contributed by atoms with van der Waals surface area (Å²) in [5, 5.41) is 3.44. The van der Waals surface area contributed by atoms with Crippen molar-refractivity contribution in [3.05, 3.63) is 53.3 Å². The number of aryl methyl sites for hydroxylation is 1. The van der Waals surface area contributed by atoms with E-state index >= 15 is 0 Å². The van der Waals surface area contributed by atoms with E-state index in [4.69, 9.17) is 9.47 Å². The Bertz CT molecular complexity index is 599. The van der Waals surface area contributed by atoms with E-state index < -0.39 is 0 Å². The molecule has 1 aliphatic rings. The van der Waals surface area contributed by atoms with Gasteiger partial charge in [-0.05, 0) is 41.8 Å². The molecule has 0 aliphatic carbocycles. The van der Waals surface area contributed by atoms with Gasteiger partial charge >= 0.3 is 0 Å². The van der Waals surface area contributed by atoms with E-state index in [2.05, 4.69) is 23.3 Å². The van der Waals surface area contributed by atoms with Crippen LogP contribution in [0.15, 0.2) is 36.7 Å². The molecule has 3 rings (SSSR count). The molecule has 0 atom stereocenters. The molecule has 0 spiro atoms. The lowest BCUT2D eigenvalue weighted by Gasteiger charge is -2.19. The molecular formula is C16H18N2O2. The van der Waals surface area contributed by atoms with Crippen LogP contribution in [0.3, 0.4) is 0 Å². The van der Waals surface area contributed by atoms with E-state index in [0.717, 1.165) is 24.6 Å². The minimum absolute atomic E-state index is 0.625. The van der Waals surface area contributed by atoms with Crippen molar-refractivity contribution >= 4 is 0 Å². The third-order valence-corrected chi connectivity index (χ3v) is 3.39. The second kappa shape index (κ2) is 5.92. The second-order valence-electron chi connectivity index (χ2n) is 4.88. The van der Waals surface area contributed by atoms with E-state index in [1.807, 2.05) is 30.6 Å². The van der Waals surface area contributed by atoms with E-state index in [-0.39, 0.29) is 0 Å². The van der Waals surface area contributed by atoms with E-state index in [1.54, 1.807) is 0 Å². The molecule has 4 heteroatoms. The van der Waals surface area contributed by atoms with Crippen LogP contribution in [0.5, 0.6) is 11.5 Å². The van der Waals surface area contributed by atoms with Crippen LogP contribution in [0.25, 0.3) is 0 Å². The predicted molar refractivity (Wildman–Crippen MR) is 76.9 cm³/mol. The number of ether oxygens (including phenoxy) is 2. The smallest absolute Gasteiger partial charge is 0.161 e. The maximum Gasteiger partial charge on any atom is 0.161 e. The van der Waals surface area contributed by atoms with Crippen LogP contribution in [0.2, 0.25) is 0 Å². The molecule has 1 aromatic heterocycles. The van der Waals surface area contributed by atoms with Gasteiger partial charge < -0.3 is 14.8 Å². The first-order valence-corrected chi connectivity index (χ1v) is 6.81. The van der Waals surface area contributed by atoms with Crippen molar-refractivity contribution in [2.75, 3.05) is 13.2 Å². The Morgan fingerprint density at radius 1 is 1.10 bits per heavy atom. The summed E-state index contributed by atoms with van der Waals surface area (Å²) in [4.78, 5) is 4.10. The number of rotatable bonds is 4. The van der Waals surface area contributed by atoms with E-state index in [9.17, 15) is 0 Å². The van der Waals surface area contributed by atoms with Crippen LogP contribution in [-0.2, 0) is 13.1 Å². The summed E-state index contributed by atoms with van der Waals surface area (Å²) in [6, 6.07) is 8.14. The van der Waals surface area contributed by atoms with Crippen LogP contribution in [0.1, 0.15) is 16.7 Å². The molecule has 0 saturated heterocycles. The molecule has 1 aliphatic heterocycles. The van der Waals surface area contributed by atoms with Crippen molar-refractivity contribution in [1.82, 2.24) is 10.3 Å². The topological polar surface area (TPSA) is 43.4 Å². The molecule has 2 aromatic rings. The summed E-state index contributed by atoms with van der Waals surface area (Å²) in [6.07, 6.45) is 3.72. The summed E-state index contributed by atoms with van der Waals surface area (Å²) < 4.78 is 11.1. The van der Waals surface area contributed by atoms with E-state index in [0.29, 0.717) is 13.2 Å². The van der Waals surface area contributed by atoms with Crippen LogP contribution < -0.4 is 14.8 Å². The molecule has 0 fully saturated rings. The van der Waals surface area contributed by atoms with Gasteiger partial charge in [-0.25, -0.2) is 0 Å². The van der Waals surface area contributed by atoms with Gasteiger partial charge in [0.2, 0.25) is 0 Å². The highest BCUT2D eigenvalue weighted by molar-refractivity contribution is 5.43. The van der Waals surface area contributed by atoms with Crippen molar-refractivity contribution < 1.29 is 9.47 Å². The summed E-state index contributed by atoms with van der Waals surface area (Å²) in [5.74, 6) is 1.68. The van der Waals surface area contributed by atoms with Gasteiger partial charge in [0, 0.05) is 25.5 Å². The summed E-state index contributed by atoms with van der Waals surface area (Å²) in [5.41, 5.74) is 3.68. The van der Waals surface area contributed by atoms with Crippen molar-refractivity contribution in [2.45, 2.75) is 20.0 Å². The fourth-order valence-electron chi connectivity index (χ4n) is 2.24. The maximum atomic E-state index is 5.59. The lowest BCUT2D eigenvalue weighted by atomic mass is 10.1. The fourth-order valence-corrected chi connectivity index (χ4v) is 2.24. The number of nitrogens with zero attached hydrogens (tertiary/aromatic N) is 1. The van der Waals surface area contributed by atoms with Crippen molar-refractivity contribution in [3.8, 4) is 11.5 Å². The first-order valence-electron chi connectivity index (χ1n) is 6.81.